The van der Waals surface area contributed by atoms with Crippen LogP contribution in [0.4, 0.5) is 0 Å². The van der Waals surface area contributed by atoms with E-state index in [1.807, 2.05) is 13.1 Å². The average Bonchev–Trinajstić information content (AvgIpc) is 3.10. The number of hydrogen-bond donors (Lipinski definition) is 1. The third kappa shape index (κ3) is 1.65. The lowest BCUT2D eigenvalue weighted by molar-refractivity contribution is 0.169. The summed E-state index contributed by atoms with van der Waals surface area (Å²) in [7, 11) is 2.04. The van der Waals surface area contributed by atoms with Crippen molar-refractivity contribution in [3.63, 3.8) is 0 Å². The molecule has 1 saturated carbocycles. The van der Waals surface area contributed by atoms with Gasteiger partial charge in [-0.25, -0.2) is 0 Å². The number of likely N-dealkylation sites (N-methyl/N-ethyl adjacent to an activating group) is 1. The van der Waals surface area contributed by atoms with Gasteiger partial charge >= 0.3 is 0 Å². The highest BCUT2D eigenvalue weighted by Crippen LogP contribution is 2.42. The van der Waals surface area contributed by atoms with E-state index in [1.54, 1.807) is 0 Å². The third-order valence-corrected chi connectivity index (χ3v) is 3.56. The van der Waals surface area contributed by atoms with Crippen molar-refractivity contribution >= 4 is 0 Å². The second-order valence-corrected chi connectivity index (χ2v) is 4.65. The maximum absolute atomic E-state index is 5.72. The van der Waals surface area contributed by atoms with Crippen LogP contribution in [0.3, 0.4) is 0 Å². The fourth-order valence-corrected chi connectivity index (χ4v) is 2.30. The van der Waals surface area contributed by atoms with Gasteiger partial charge in [0.25, 0.3) is 0 Å². The van der Waals surface area contributed by atoms with Crippen molar-refractivity contribution in [3.8, 4) is 11.5 Å². The zero-order chi connectivity index (χ0) is 11.0. The predicted octanol–water partition coefficient (Wildman–Crippen LogP) is 1.75. The van der Waals surface area contributed by atoms with E-state index >= 15 is 0 Å². The highest BCUT2D eigenvalue weighted by Gasteiger charge is 2.41. The van der Waals surface area contributed by atoms with E-state index in [9.17, 15) is 0 Å². The van der Waals surface area contributed by atoms with Gasteiger partial charge in [-0.2, -0.15) is 0 Å². The molecule has 3 heteroatoms. The number of rotatable bonds is 3. The van der Waals surface area contributed by atoms with Crippen LogP contribution < -0.4 is 14.8 Å². The van der Waals surface area contributed by atoms with E-state index in [4.69, 9.17) is 9.47 Å². The molecular formula is C13H17NO2. The first-order valence-electron chi connectivity index (χ1n) is 5.89. The lowest BCUT2D eigenvalue weighted by atomic mass is 10.0. The molecule has 0 atom stereocenters. The van der Waals surface area contributed by atoms with Crippen LogP contribution in [0.1, 0.15) is 18.4 Å². The average molecular weight is 219 g/mol. The van der Waals surface area contributed by atoms with Crippen LogP contribution >= 0.6 is 0 Å². The van der Waals surface area contributed by atoms with Gasteiger partial charge in [-0.1, -0.05) is 12.1 Å². The van der Waals surface area contributed by atoms with Crippen molar-refractivity contribution in [2.75, 3.05) is 20.3 Å². The van der Waals surface area contributed by atoms with Crippen molar-refractivity contribution in [2.45, 2.75) is 24.8 Å². The lowest BCUT2D eigenvalue weighted by Gasteiger charge is -2.23. The summed E-state index contributed by atoms with van der Waals surface area (Å²) in [4.78, 5) is 0. The minimum Gasteiger partial charge on any atom is -0.486 e. The van der Waals surface area contributed by atoms with E-state index in [0.29, 0.717) is 18.8 Å². The summed E-state index contributed by atoms with van der Waals surface area (Å²) in [6.07, 6.45) is 3.55. The van der Waals surface area contributed by atoms with Gasteiger partial charge in [0.05, 0.1) is 0 Å². The summed E-state index contributed by atoms with van der Waals surface area (Å²) in [6, 6.07) is 6.18. The summed E-state index contributed by atoms with van der Waals surface area (Å²) < 4.78 is 11.3. The quantitative estimate of drug-likeness (QED) is 0.840. The van der Waals surface area contributed by atoms with E-state index < -0.39 is 0 Å². The minimum absolute atomic E-state index is 0.315. The van der Waals surface area contributed by atoms with Gasteiger partial charge in [0.15, 0.2) is 11.5 Å². The number of ether oxygens (including phenoxy) is 2. The predicted molar refractivity (Wildman–Crippen MR) is 62.2 cm³/mol. The van der Waals surface area contributed by atoms with Crippen LogP contribution in [0.5, 0.6) is 11.5 Å². The standard InChI is InChI=1S/C13H17NO2/c1-14-13(5-6-13)9-10-3-2-4-11-12(10)16-8-7-15-11/h2-4,14H,5-9H2,1H3. The molecule has 0 saturated heterocycles. The van der Waals surface area contributed by atoms with Crippen LogP contribution in [0.15, 0.2) is 18.2 Å². The largest absolute Gasteiger partial charge is 0.486 e. The summed E-state index contributed by atoms with van der Waals surface area (Å²) in [5.41, 5.74) is 1.58. The number of fused-ring (bicyclic) bond motifs is 1. The molecule has 0 aromatic heterocycles. The second-order valence-electron chi connectivity index (χ2n) is 4.65. The number of nitrogens with one attached hydrogen (secondary N) is 1. The highest BCUT2D eigenvalue weighted by molar-refractivity contribution is 5.48. The van der Waals surface area contributed by atoms with E-state index in [1.165, 1.54) is 18.4 Å². The van der Waals surface area contributed by atoms with Crippen LogP contribution in [-0.2, 0) is 6.42 Å². The van der Waals surface area contributed by atoms with Crippen molar-refractivity contribution in [1.82, 2.24) is 5.32 Å². The van der Waals surface area contributed by atoms with Gasteiger partial charge in [0, 0.05) is 5.54 Å². The Morgan fingerprint density at radius 3 is 2.81 bits per heavy atom. The maximum Gasteiger partial charge on any atom is 0.164 e. The first-order chi connectivity index (χ1) is 7.83. The molecule has 3 rings (SSSR count). The Labute approximate surface area is 95.8 Å². The van der Waals surface area contributed by atoms with Crippen LogP contribution in [0.2, 0.25) is 0 Å². The van der Waals surface area contributed by atoms with E-state index in [0.717, 1.165) is 17.9 Å². The molecule has 1 N–H and O–H groups in total. The van der Waals surface area contributed by atoms with Gasteiger partial charge in [0.1, 0.15) is 13.2 Å². The molecule has 1 aliphatic carbocycles. The van der Waals surface area contributed by atoms with Gasteiger partial charge in [0.2, 0.25) is 0 Å². The first-order valence-corrected chi connectivity index (χ1v) is 5.89. The van der Waals surface area contributed by atoms with E-state index in [2.05, 4.69) is 17.4 Å². The fraction of sp³-hybridized carbons (Fsp3) is 0.538. The second kappa shape index (κ2) is 3.67. The van der Waals surface area contributed by atoms with Crippen LogP contribution in [0, 0.1) is 0 Å². The molecule has 0 bridgehead atoms. The summed E-state index contributed by atoms with van der Waals surface area (Å²) in [5, 5.41) is 3.41. The molecule has 1 heterocycles. The summed E-state index contributed by atoms with van der Waals surface area (Å²) in [5.74, 6) is 1.85. The minimum atomic E-state index is 0.315. The van der Waals surface area contributed by atoms with Gasteiger partial charge < -0.3 is 14.8 Å². The molecule has 0 spiro atoms. The first kappa shape index (κ1) is 9.97. The molecule has 2 aliphatic rings. The Morgan fingerprint density at radius 1 is 1.25 bits per heavy atom. The molecule has 0 radical (unpaired) electrons. The van der Waals surface area contributed by atoms with Gasteiger partial charge in [-0.05, 0) is 37.9 Å². The van der Waals surface area contributed by atoms with Crippen molar-refractivity contribution < 1.29 is 9.47 Å². The van der Waals surface area contributed by atoms with Gasteiger partial charge in [-0.15, -0.1) is 0 Å². The molecule has 86 valence electrons. The Hall–Kier alpha value is -1.22. The zero-order valence-electron chi connectivity index (χ0n) is 9.58. The zero-order valence-corrected chi connectivity index (χ0v) is 9.58. The lowest BCUT2D eigenvalue weighted by Crippen LogP contribution is -2.30. The van der Waals surface area contributed by atoms with Gasteiger partial charge in [-0.3, -0.25) is 0 Å². The molecule has 1 fully saturated rings. The highest BCUT2D eigenvalue weighted by atomic mass is 16.6. The van der Waals surface area contributed by atoms with Crippen LogP contribution in [-0.4, -0.2) is 25.8 Å². The molecular weight excluding hydrogens is 202 g/mol. The summed E-state index contributed by atoms with van der Waals surface area (Å²) in [6.45, 7) is 1.32. The molecule has 1 aromatic carbocycles. The maximum atomic E-state index is 5.72. The van der Waals surface area contributed by atoms with Crippen molar-refractivity contribution in [3.05, 3.63) is 23.8 Å². The van der Waals surface area contributed by atoms with Crippen molar-refractivity contribution in [2.24, 2.45) is 0 Å². The summed E-state index contributed by atoms with van der Waals surface area (Å²) >= 11 is 0. The van der Waals surface area contributed by atoms with Crippen molar-refractivity contribution in [1.29, 1.82) is 0 Å². The molecule has 16 heavy (non-hydrogen) atoms. The smallest absolute Gasteiger partial charge is 0.164 e. The molecule has 3 nitrogen and oxygen atoms in total. The third-order valence-electron chi connectivity index (χ3n) is 3.56. The number of benzene rings is 1. The Morgan fingerprint density at radius 2 is 2.06 bits per heavy atom. The Kier molecular flexibility index (Phi) is 2.28. The van der Waals surface area contributed by atoms with E-state index in [-0.39, 0.29) is 0 Å². The normalized spacial score (nSPS) is 20.6. The molecule has 0 unspecified atom stereocenters. The molecule has 1 aliphatic heterocycles. The van der Waals surface area contributed by atoms with Crippen LogP contribution in [0.25, 0.3) is 0 Å². The SMILES string of the molecule is CNC1(Cc2cccc3c2OCCO3)CC1. The Bertz CT molecular complexity index is 399. The number of hydrogen-bond acceptors (Lipinski definition) is 3. The molecule has 0 amide bonds. The molecule has 1 aromatic rings. The fourth-order valence-electron chi connectivity index (χ4n) is 2.30. The monoisotopic (exact) mass is 219 g/mol. The topological polar surface area (TPSA) is 30.5 Å². The number of para-hydroxylation sites is 1. The Balaban J connectivity index is 1.89.